The van der Waals surface area contributed by atoms with Gasteiger partial charge in [-0.1, -0.05) is 24.3 Å². The Hall–Kier alpha value is -2.86. The first-order valence-corrected chi connectivity index (χ1v) is 8.53. The van der Waals surface area contributed by atoms with E-state index in [-0.39, 0.29) is 17.9 Å². The lowest BCUT2D eigenvalue weighted by atomic mass is 10.1. The molecular formula is C20H26N3O3+. The monoisotopic (exact) mass is 356 g/mol. The molecule has 3 N–H and O–H groups in total. The molecule has 2 amide bonds. The molecule has 0 spiro atoms. The minimum atomic E-state index is -0.251. The SMILES string of the molecule is CNC(=O)c1ccc(C[NH+](C)[C@H](C)C(=O)Nc2ccccc2OC)cc1. The first-order chi connectivity index (χ1) is 12.5. The molecule has 0 aromatic heterocycles. The highest BCUT2D eigenvalue weighted by Gasteiger charge is 2.23. The van der Waals surface area contributed by atoms with Gasteiger partial charge in [0.2, 0.25) is 0 Å². The number of likely N-dealkylation sites (N-methyl/N-ethyl adjacent to an activating group) is 1. The number of carbonyl (C=O) groups is 2. The molecule has 0 radical (unpaired) electrons. The minimum Gasteiger partial charge on any atom is -0.495 e. The van der Waals surface area contributed by atoms with Crippen LogP contribution in [0.4, 0.5) is 5.69 Å². The van der Waals surface area contributed by atoms with Crippen LogP contribution in [0.3, 0.4) is 0 Å². The van der Waals surface area contributed by atoms with Crippen LogP contribution in [-0.2, 0) is 11.3 Å². The maximum absolute atomic E-state index is 12.6. The van der Waals surface area contributed by atoms with Gasteiger partial charge in [-0.15, -0.1) is 0 Å². The average Bonchev–Trinajstić information content (AvgIpc) is 2.67. The van der Waals surface area contributed by atoms with Crippen molar-refractivity contribution in [3.8, 4) is 5.75 Å². The quantitative estimate of drug-likeness (QED) is 0.696. The molecular weight excluding hydrogens is 330 g/mol. The second kappa shape index (κ2) is 9.01. The van der Waals surface area contributed by atoms with Crippen LogP contribution in [0.1, 0.15) is 22.8 Å². The number of para-hydroxylation sites is 2. The fourth-order valence-electron chi connectivity index (χ4n) is 2.61. The molecule has 0 saturated carbocycles. The molecule has 138 valence electrons. The van der Waals surface area contributed by atoms with Gasteiger partial charge in [-0.05, 0) is 31.2 Å². The molecule has 1 unspecified atom stereocenters. The van der Waals surface area contributed by atoms with Gasteiger partial charge >= 0.3 is 0 Å². The molecule has 2 aromatic rings. The maximum Gasteiger partial charge on any atom is 0.282 e. The Morgan fingerprint density at radius 2 is 1.77 bits per heavy atom. The van der Waals surface area contributed by atoms with E-state index in [9.17, 15) is 9.59 Å². The third-order valence-corrected chi connectivity index (χ3v) is 4.42. The van der Waals surface area contributed by atoms with Crippen LogP contribution < -0.4 is 20.3 Å². The Balaban J connectivity index is 1.99. The van der Waals surface area contributed by atoms with Gasteiger partial charge < -0.3 is 20.3 Å². The van der Waals surface area contributed by atoms with Gasteiger partial charge in [-0.25, -0.2) is 0 Å². The van der Waals surface area contributed by atoms with Gasteiger partial charge in [0, 0.05) is 18.2 Å². The smallest absolute Gasteiger partial charge is 0.282 e. The van der Waals surface area contributed by atoms with Crippen molar-refractivity contribution in [1.29, 1.82) is 0 Å². The number of hydrogen-bond acceptors (Lipinski definition) is 3. The van der Waals surface area contributed by atoms with Crippen LogP contribution in [0, 0.1) is 0 Å². The van der Waals surface area contributed by atoms with Gasteiger partial charge in [0.1, 0.15) is 12.3 Å². The Morgan fingerprint density at radius 1 is 1.12 bits per heavy atom. The predicted molar refractivity (Wildman–Crippen MR) is 102 cm³/mol. The molecule has 6 heteroatoms. The van der Waals surface area contributed by atoms with E-state index in [1.165, 1.54) is 0 Å². The van der Waals surface area contributed by atoms with Crippen LogP contribution in [0.5, 0.6) is 5.75 Å². The maximum atomic E-state index is 12.6. The number of carbonyl (C=O) groups excluding carboxylic acids is 2. The van der Waals surface area contributed by atoms with Crippen LogP contribution in [0.2, 0.25) is 0 Å². The molecule has 0 bridgehead atoms. The highest BCUT2D eigenvalue weighted by Crippen LogP contribution is 2.22. The molecule has 6 nitrogen and oxygen atoms in total. The minimum absolute atomic E-state index is 0.0750. The van der Waals surface area contributed by atoms with E-state index >= 15 is 0 Å². The largest absolute Gasteiger partial charge is 0.495 e. The molecule has 2 aromatic carbocycles. The molecule has 2 rings (SSSR count). The predicted octanol–water partition coefficient (Wildman–Crippen LogP) is 1.10. The Labute approximate surface area is 154 Å². The van der Waals surface area contributed by atoms with E-state index in [1.54, 1.807) is 26.3 Å². The van der Waals surface area contributed by atoms with Gasteiger partial charge in [-0.3, -0.25) is 9.59 Å². The second-order valence-corrected chi connectivity index (χ2v) is 6.21. The first-order valence-electron chi connectivity index (χ1n) is 8.53. The van der Waals surface area contributed by atoms with Crippen molar-refractivity contribution in [3.63, 3.8) is 0 Å². The highest BCUT2D eigenvalue weighted by atomic mass is 16.5. The number of anilines is 1. The molecule has 0 aliphatic heterocycles. The van der Waals surface area contributed by atoms with E-state index in [4.69, 9.17) is 4.74 Å². The van der Waals surface area contributed by atoms with Crippen molar-refractivity contribution in [3.05, 3.63) is 59.7 Å². The van der Waals surface area contributed by atoms with Crippen molar-refractivity contribution in [2.45, 2.75) is 19.5 Å². The van der Waals surface area contributed by atoms with Gasteiger partial charge in [-0.2, -0.15) is 0 Å². The van der Waals surface area contributed by atoms with E-state index < -0.39 is 0 Å². The number of methoxy groups -OCH3 is 1. The summed E-state index contributed by atoms with van der Waals surface area (Å²) in [6.07, 6.45) is 0. The third-order valence-electron chi connectivity index (χ3n) is 4.42. The highest BCUT2D eigenvalue weighted by molar-refractivity contribution is 5.95. The summed E-state index contributed by atoms with van der Waals surface area (Å²) in [5, 5.41) is 5.52. The number of quaternary nitrogens is 1. The van der Waals surface area contributed by atoms with Crippen molar-refractivity contribution in [2.24, 2.45) is 0 Å². The van der Waals surface area contributed by atoms with Crippen LogP contribution >= 0.6 is 0 Å². The lowest BCUT2D eigenvalue weighted by Crippen LogP contribution is -3.12. The average molecular weight is 356 g/mol. The van der Waals surface area contributed by atoms with Crippen molar-refractivity contribution in [2.75, 3.05) is 26.5 Å². The number of amides is 2. The zero-order valence-electron chi connectivity index (χ0n) is 15.6. The molecule has 0 aliphatic rings. The zero-order chi connectivity index (χ0) is 19.1. The van der Waals surface area contributed by atoms with Gasteiger partial charge in [0.05, 0.1) is 19.8 Å². The number of nitrogens with one attached hydrogen (secondary N) is 3. The summed E-state index contributed by atoms with van der Waals surface area (Å²) in [4.78, 5) is 25.2. The number of hydrogen-bond donors (Lipinski definition) is 3. The Morgan fingerprint density at radius 3 is 2.38 bits per heavy atom. The molecule has 0 fully saturated rings. The van der Waals surface area contributed by atoms with E-state index in [1.807, 2.05) is 50.4 Å². The molecule has 0 heterocycles. The van der Waals surface area contributed by atoms with Crippen LogP contribution in [0.15, 0.2) is 48.5 Å². The summed E-state index contributed by atoms with van der Waals surface area (Å²) in [5.41, 5.74) is 2.34. The fourth-order valence-corrected chi connectivity index (χ4v) is 2.61. The summed E-state index contributed by atoms with van der Waals surface area (Å²) in [6, 6.07) is 14.5. The normalized spacial score (nSPS) is 12.8. The van der Waals surface area contributed by atoms with Gasteiger partial charge in [0.25, 0.3) is 11.8 Å². The van der Waals surface area contributed by atoms with E-state index in [2.05, 4.69) is 10.6 Å². The Kier molecular flexibility index (Phi) is 6.74. The number of benzene rings is 2. The summed E-state index contributed by atoms with van der Waals surface area (Å²) in [6.45, 7) is 2.56. The van der Waals surface area contributed by atoms with Crippen molar-refractivity contribution >= 4 is 17.5 Å². The standard InChI is InChI=1S/C20H25N3O3/c1-14(19(24)22-17-7-5-6-8-18(17)26-4)23(3)13-15-9-11-16(12-10-15)20(25)21-2/h5-12,14H,13H2,1-4H3,(H,21,25)(H,22,24)/p+1/t14-/m1/s1. The van der Waals surface area contributed by atoms with Crippen LogP contribution in [-0.4, -0.2) is 39.1 Å². The van der Waals surface area contributed by atoms with E-state index in [0.29, 0.717) is 23.5 Å². The molecule has 0 aliphatic carbocycles. The summed E-state index contributed by atoms with van der Waals surface area (Å²) in [5.74, 6) is 0.450. The zero-order valence-corrected chi connectivity index (χ0v) is 15.6. The van der Waals surface area contributed by atoms with Crippen molar-refractivity contribution < 1.29 is 19.2 Å². The van der Waals surface area contributed by atoms with Crippen molar-refractivity contribution in [1.82, 2.24) is 5.32 Å². The summed E-state index contributed by atoms with van der Waals surface area (Å²) >= 11 is 0. The Bertz CT molecular complexity index is 759. The number of rotatable bonds is 7. The summed E-state index contributed by atoms with van der Waals surface area (Å²) in [7, 11) is 5.16. The lowest BCUT2D eigenvalue weighted by Gasteiger charge is -2.21. The van der Waals surface area contributed by atoms with Gasteiger partial charge in [0.15, 0.2) is 6.04 Å². The van der Waals surface area contributed by atoms with E-state index in [0.717, 1.165) is 10.5 Å². The molecule has 0 saturated heterocycles. The topological polar surface area (TPSA) is 71.9 Å². The third kappa shape index (κ3) is 4.83. The lowest BCUT2D eigenvalue weighted by molar-refractivity contribution is -0.907. The molecule has 26 heavy (non-hydrogen) atoms. The fraction of sp³-hybridized carbons (Fsp3) is 0.300. The van der Waals surface area contributed by atoms with Crippen LogP contribution in [0.25, 0.3) is 0 Å². The second-order valence-electron chi connectivity index (χ2n) is 6.21. The molecule has 2 atom stereocenters. The summed E-state index contributed by atoms with van der Waals surface area (Å²) < 4.78 is 5.27. The first kappa shape index (κ1) is 19.5. The number of ether oxygens (including phenoxy) is 1.